The first-order valence-electron chi connectivity index (χ1n) is 4.51. The lowest BCUT2D eigenvalue weighted by atomic mass is 10.2. The van der Waals surface area contributed by atoms with Gasteiger partial charge < -0.3 is 9.53 Å². The average molecular weight is 245 g/mol. The summed E-state index contributed by atoms with van der Waals surface area (Å²) in [7, 11) is -1.67. The lowest BCUT2D eigenvalue weighted by molar-refractivity contribution is 0.0697. The van der Waals surface area contributed by atoms with E-state index in [2.05, 4.69) is 0 Å². The summed E-state index contributed by atoms with van der Waals surface area (Å²) in [5.74, 6) is -0.399. The molecule has 0 bridgehead atoms. The highest BCUT2D eigenvalue weighted by Crippen LogP contribution is 2.24. The number of rotatable bonds is 3. The van der Waals surface area contributed by atoms with Crippen LogP contribution in [0.15, 0.2) is 18.2 Å². The fourth-order valence-corrected chi connectivity index (χ4v) is 2.17. The minimum atomic E-state index is -1.67. The van der Waals surface area contributed by atoms with Crippen LogP contribution < -0.4 is 4.43 Å². The Morgan fingerprint density at radius 1 is 1.40 bits per heavy atom. The number of hydrogen-bond acceptors (Lipinski definition) is 2. The maximum Gasteiger partial charge on any atom is 0.337 e. The van der Waals surface area contributed by atoms with Crippen LogP contribution in [-0.4, -0.2) is 19.4 Å². The third-order valence-corrected chi connectivity index (χ3v) is 2.76. The normalized spacial score (nSPS) is 11.2. The number of carboxylic acids is 1. The van der Waals surface area contributed by atoms with Gasteiger partial charge in [0.15, 0.2) is 0 Å². The van der Waals surface area contributed by atoms with E-state index in [1.54, 1.807) is 12.1 Å². The van der Waals surface area contributed by atoms with E-state index in [4.69, 9.17) is 21.1 Å². The van der Waals surface area contributed by atoms with Crippen LogP contribution in [0.25, 0.3) is 0 Å². The summed E-state index contributed by atoms with van der Waals surface area (Å²) in [6.45, 7) is 6.14. The fraction of sp³-hybridized carbons (Fsp3) is 0.300. The van der Waals surface area contributed by atoms with Crippen molar-refractivity contribution in [3.8, 4) is 5.75 Å². The van der Waals surface area contributed by atoms with Crippen LogP contribution in [0.1, 0.15) is 10.4 Å². The highest BCUT2D eigenvalue weighted by Gasteiger charge is 2.17. The Morgan fingerprint density at radius 3 is 2.40 bits per heavy atom. The lowest BCUT2D eigenvalue weighted by Gasteiger charge is -2.19. The van der Waals surface area contributed by atoms with Crippen LogP contribution in [-0.2, 0) is 0 Å². The van der Waals surface area contributed by atoms with Crippen LogP contribution in [0.2, 0.25) is 24.7 Å². The summed E-state index contributed by atoms with van der Waals surface area (Å²) >= 11 is 5.81. The second kappa shape index (κ2) is 4.24. The van der Waals surface area contributed by atoms with Crippen LogP contribution >= 0.6 is 11.6 Å². The Kier molecular flexibility index (Phi) is 3.41. The highest BCUT2D eigenvalue weighted by molar-refractivity contribution is 6.70. The maximum absolute atomic E-state index is 10.7. The summed E-state index contributed by atoms with van der Waals surface area (Å²) < 4.78 is 5.68. The maximum atomic E-state index is 10.7. The molecule has 0 spiro atoms. The molecule has 5 heteroatoms. The molecule has 0 heterocycles. The molecule has 3 nitrogen and oxygen atoms in total. The van der Waals surface area contributed by atoms with Crippen LogP contribution in [0.4, 0.5) is 0 Å². The molecule has 0 aromatic heterocycles. The molecule has 0 saturated carbocycles. The molecule has 0 amide bonds. The molecular weight excluding hydrogens is 232 g/mol. The third kappa shape index (κ3) is 3.57. The first-order valence-corrected chi connectivity index (χ1v) is 8.30. The molecule has 82 valence electrons. The molecule has 1 rings (SSSR count). The van der Waals surface area contributed by atoms with Gasteiger partial charge in [0.1, 0.15) is 5.75 Å². The van der Waals surface area contributed by atoms with Crippen molar-refractivity contribution in [1.82, 2.24) is 0 Å². The number of hydrogen-bond donors (Lipinski definition) is 1. The van der Waals surface area contributed by atoms with Gasteiger partial charge in [-0.05, 0) is 37.8 Å². The summed E-state index contributed by atoms with van der Waals surface area (Å²) in [6.07, 6.45) is 0. The quantitative estimate of drug-likeness (QED) is 0.831. The number of benzene rings is 1. The van der Waals surface area contributed by atoms with E-state index in [1.165, 1.54) is 6.07 Å². The largest absolute Gasteiger partial charge is 0.544 e. The van der Waals surface area contributed by atoms with E-state index in [0.29, 0.717) is 5.75 Å². The Morgan fingerprint density at radius 2 is 2.00 bits per heavy atom. The van der Waals surface area contributed by atoms with Crippen LogP contribution in [0.3, 0.4) is 0 Å². The van der Waals surface area contributed by atoms with Gasteiger partial charge in [0, 0.05) is 0 Å². The first-order chi connectivity index (χ1) is 6.79. The van der Waals surface area contributed by atoms with Gasteiger partial charge in [0.05, 0.1) is 10.6 Å². The zero-order valence-electron chi connectivity index (χ0n) is 8.87. The van der Waals surface area contributed by atoms with Gasteiger partial charge in [-0.1, -0.05) is 11.6 Å². The second-order valence-corrected chi connectivity index (χ2v) is 9.00. The van der Waals surface area contributed by atoms with E-state index >= 15 is 0 Å². The van der Waals surface area contributed by atoms with Gasteiger partial charge in [-0.2, -0.15) is 0 Å². The molecule has 0 aliphatic carbocycles. The van der Waals surface area contributed by atoms with Crippen molar-refractivity contribution in [3.63, 3.8) is 0 Å². The smallest absolute Gasteiger partial charge is 0.337 e. The predicted octanol–water partition coefficient (Wildman–Crippen LogP) is 3.25. The van der Waals surface area contributed by atoms with Crippen molar-refractivity contribution in [2.75, 3.05) is 0 Å². The molecular formula is C10H13ClO3Si. The first kappa shape index (κ1) is 12.1. The molecule has 0 fully saturated rings. The molecule has 15 heavy (non-hydrogen) atoms. The van der Waals surface area contributed by atoms with E-state index in [-0.39, 0.29) is 10.6 Å². The molecule has 1 N–H and O–H groups in total. The number of aromatic carboxylic acids is 1. The van der Waals surface area contributed by atoms with E-state index in [9.17, 15) is 4.79 Å². The minimum Gasteiger partial charge on any atom is -0.544 e. The minimum absolute atomic E-state index is 0.0968. The van der Waals surface area contributed by atoms with E-state index in [1.807, 2.05) is 19.6 Å². The summed E-state index contributed by atoms with van der Waals surface area (Å²) in [5.41, 5.74) is 0.0968. The predicted molar refractivity (Wildman–Crippen MR) is 62.4 cm³/mol. The van der Waals surface area contributed by atoms with Crippen molar-refractivity contribution in [3.05, 3.63) is 28.8 Å². The molecule has 0 unspecified atom stereocenters. The molecule has 1 aromatic carbocycles. The SMILES string of the molecule is C[Si](C)(C)Oc1ccc(C(=O)O)c(Cl)c1. The van der Waals surface area contributed by atoms with Crippen molar-refractivity contribution in [2.45, 2.75) is 19.6 Å². The lowest BCUT2D eigenvalue weighted by Crippen LogP contribution is -2.29. The Labute approximate surface area is 94.8 Å². The molecule has 0 aliphatic rings. The number of carbonyl (C=O) groups is 1. The van der Waals surface area contributed by atoms with Crippen molar-refractivity contribution < 1.29 is 14.3 Å². The van der Waals surface area contributed by atoms with Gasteiger partial charge in [0.25, 0.3) is 0 Å². The highest BCUT2D eigenvalue weighted by atomic mass is 35.5. The van der Waals surface area contributed by atoms with E-state index in [0.717, 1.165) is 0 Å². The molecule has 0 aliphatic heterocycles. The molecule has 0 radical (unpaired) electrons. The number of carboxylic acid groups (broad SMARTS) is 1. The Bertz CT molecular complexity index is 385. The zero-order valence-corrected chi connectivity index (χ0v) is 10.6. The van der Waals surface area contributed by atoms with Crippen molar-refractivity contribution in [1.29, 1.82) is 0 Å². The summed E-state index contributed by atoms with van der Waals surface area (Å²) in [6, 6.07) is 4.64. The molecule has 0 saturated heterocycles. The van der Waals surface area contributed by atoms with Crippen molar-refractivity contribution >= 4 is 25.9 Å². The van der Waals surface area contributed by atoms with Crippen LogP contribution in [0, 0.1) is 0 Å². The Hall–Kier alpha value is -1.00. The van der Waals surface area contributed by atoms with E-state index < -0.39 is 14.3 Å². The van der Waals surface area contributed by atoms with Crippen LogP contribution in [0.5, 0.6) is 5.75 Å². The second-order valence-electron chi connectivity index (χ2n) is 4.16. The summed E-state index contributed by atoms with van der Waals surface area (Å²) in [5, 5.41) is 8.98. The van der Waals surface area contributed by atoms with Crippen molar-refractivity contribution in [2.24, 2.45) is 0 Å². The van der Waals surface area contributed by atoms with Gasteiger partial charge in [-0.15, -0.1) is 0 Å². The number of halogens is 1. The van der Waals surface area contributed by atoms with Gasteiger partial charge in [-0.25, -0.2) is 4.79 Å². The van der Waals surface area contributed by atoms with Gasteiger partial charge >= 0.3 is 5.97 Å². The summed E-state index contributed by atoms with van der Waals surface area (Å²) in [4.78, 5) is 10.7. The fourth-order valence-electron chi connectivity index (χ4n) is 1.09. The molecule has 1 aromatic rings. The topological polar surface area (TPSA) is 46.5 Å². The zero-order chi connectivity index (χ0) is 11.6. The standard InChI is InChI=1S/C10H13ClO3Si/c1-15(2,3)14-7-4-5-8(10(12)13)9(11)6-7/h4-6H,1-3H3,(H,12,13). The average Bonchev–Trinajstić information content (AvgIpc) is 1.99. The van der Waals surface area contributed by atoms with Gasteiger partial charge in [-0.3, -0.25) is 0 Å². The molecule has 0 atom stereocenters. The Balaban J connectivity index is 2.97. The van der Waals surface area contributed by atoms with Gasteiger partial charge in [0.2, 0.25) is 8.32 Å². The monoisotopic (exact) mass is 244 g/mol. The third-order valence-electron chi connectivity index (χ3n) is 1.59.